The zero-order chi connectivity index (χ0) is 14.9. The molecule has 0 aromatic rings. The third-order valence-electron chi connectivity index (χ3n) is 5.36. The fourth-order valence-corrected chi connectivity index (χ4v) is 3.93. The first kappa shape index (κ1) is 18.0. The molecule has 0 aliphatic heterocycles. The summed E-state index contributed by atoms with van der Waals surface area (Å²) < 4.78 is 1.00. The highest BCUT2D eigenvalue weighted by atomic mass is 16.3. The highest BCUT2D eigenvalue weighted by Gasteiger charge is 2.48. The van der Waals surface area contributed by atoms with E-state index < -0.39 is 5.72 Å². The highest BCUT2D eigenvalue weighted by Crippen LogP contribution is 2.38. The molecule has 0 heterocycles. The van der Waals surface area contributed by atoms with Gasteiger partial charge < -0.3 is 5.11 Å². The van der Waals surface area contributed by atoms with E-state index in [0.717, 1.165) is 17.3 Å². The van der Waals surface area contributed by atoms with Gasteiger partial charge in [0.25, 0.3) is 0 Å². The lowest BCUT2D eigenvalue weighted by Crippen LogP contribution is -2.66. The van der Waals surface area contributed by atoms with E-state index >= 15 is 0 Å². The summed E-state index contributed by atoms with van der Waals surface area (Å²) in [6.45, 7) is 10.4. The molecule has 1 aliphatic carbocycles. The second kappa shape index (κ2) is 9.04. The molecule has 0 spiro atoms. The Bertz CT molecular complexity index is 224. The molecule has 0 radical (unpaired) electrons. The van der Waals surface area contributed by atoms with Crippen LogP contribution in [-0.4, -0.2) is 34.9 Å². The quantitative estimate of drug-likeness (QED) is 0.449. The van der Waals surface area contributed by atoms with Crippen molar-refractivity contribution in [1.29, 1.82) is 0 Å². The average Bonchev–Trinajstić information content (AvgIpc) is 2.47. The Morgan fingerprint density at radius 1 is 0.750 bits per heavy atom. The Kier molecular flexibility index (Phi) is 8.13. The number of unbranched alkanes of at least 4 members (excludes halogenated alkanes) is 3. The van der Waals surface area contributed by atoms with Gasteiger partial charge in [0.2, 0.25) is 5.72 Å². The van der Waals surface area contributed by atoms with Gasteiger partial charge >= 0.3 is 0 Å². The molecule has 2 heteroatoms. The molecule has 0 aromatic heterocycles. The fraction of sp³-hybridized carbons (Fsp3) is 1.00. The predicted molar refractivity (Wildman–Crippen MR) is 87.6 cm³/mol. The van der Waals surface area contributed by atoms with E-state index in [-0.39, 0.29) is 0 Å². The second-order valence-corrected chi connectivity index (χ2v) is 6.92. The average molecular weight is 285 g/mol. The summed E-state index contributed by atoms with van der Waals surface area (Å²) >= 11 is 0. The number of nitrogens with zero attached hydrogens (tertiary/aromatic N) is 1. The van der Waals surface area contributed by atoms with E-state index in [2.05, 4.69) is 20.8 Å². The van der Waals surface area contributed by atoms with Crippen molar-refractivity contribution in [2.24, 2.45) is 0 Å². The van der Waals surface area contributed by atoms with Crippen LogP contribution in [0.2, 0.25) is 0 Å². The zero-order valence-electron chi connectivity index (χ0n) is 14.3. The van der Waals surface area contributed by atoms with Crippen molar-refractivity contribution >= 4 is 0 Å². The SMILES string of the molecule is CCCC[N+](CCCC)(CCCC)C1(O)CCCCC1. The van der Waals surface area contributed by atoms with Crippen molar-refractivity contribution in [3.63, 3.8) is 0 Å². The van der Waals surface area contributed by atoms with Crippen molar-refractivity contribution < 1.29 is 9.59 Å². The smallest absolute Gasteiger partial charge is 0.200 e. The molecule has 1 aliphatic rings. The van der Waals surface area contributed by atoms with Gasteiger partial charge in [-0.25, -0.2) is 0 Å². The third kappa shape index (κ3) is 4.46. The van der Waals surface area contributed by atoms with Crippen LogP contribution in [0.1, 0.15) is 91.4 Å². The first-order valence-electron chi connectivity index (χ1n) is 9.22. The summed E-state index contributed by atoms with van der Waals surface area (Å²) in [5.74, 6) is 0. The number of aliphatic hydroxyl groups is 1. The standard InChI is InChI=1S/C18H38NO/c1-4-7-15-19(16-8-5-2,17-9-6-3)18(20)13-11-10-12-14-18/h20H,4-17H2,1-3H3/q+1. The maximum Gasteiger partial charge on any atom is 0.200 e. The number of hydrogen-bond donors (Lipinski definition) is 1. The zero-order valence-corrected chi connectivity index (χ0v) is 14.3. The minimum absolute atomic E-state index is 0.419. The summed E-state index contributed by atoms with van der Waals surface area (Å²) in [6.07, 6.45) is 13.3. The van der Waals surface area contributed by atoms with Crippen LogP contribution in [0, 0.1) is 0 Å². The molecular weight excluding hydrogens is 246 g/mol. The van der Waals surface area contributed by atoms with Crippen LogP contribution in [0.25, 0.3) is 0 Å². The van der Waals surface area contributed by atoms with E-state index in [1.54, 1.807) is 0 Å². The normalized spacial score (nSPS) is 19.2. The summed E-state index contributed by atoms with van der Waals surface area (Å²) in [6, 6.07) is 0. The first-order valence-corrected chi connectivity index (χ1v) is 9.22. The van der Waals surface area contributed by atoms with Crippen LogP contribution in [0.3, 0.4) is 0 Å². The Morgan fingerprint density at radius 3 is 1.50 bits per heavy atom. The van der Waals surface area contributed by atoms with E-state index in [4.69, 9.17) is 0 Å². The van der Waals surface area contributed by atoms with Gasteiger partial charge in [0.05, 0.1) is 19.6 Å². The van der Waals surface area contributed by atoms with Gasteiger partial charge in [-0.3, -0.25) is 4.48 Å². The molecule has 2 nitrogen and oxygen atoms in total. The molecule has 120 valence electrons. The lowest BCUT2D eigenvalue weighted by atomic mass is 9.87. The first-order chi connectivity index (χ1) is 9.64. The lowest BCUT2D eigenvalue weighted by molar-refractivity contribution is -1.00. The van der Waals surface area contributed by atoms with Crippen LogP contribution < -0.4 is 0 Å². The molecule has 1 saturated carbocycles. The van der Waals surface area contributed by atoms with Crippen LogP contribution >= 0.6 is 0 Å². The van der Waals surface area contributed by atoms with Gasteiger partial charge in [-0.2, -0.15) is 0 Å². The van der Waals surface area contributed by atoms with Gasteiger partial charge in [-0.1, -0.05) is 46.5 Å². The van der Waals surface area contributed by atoms with Crippen molar-refractivity contribution in [2.45, 2.75) is 97.1 Å². The van der Waals surface area contributed by atoms with Gasteiger partial charge in [0.15, 0.2) is 0 Å². The van der Waals surface area contributed by atoms with Gasteiger partial charge in [0.1, 0.15) is 0 Å². The Labute approximate surface area is 127 Å². The van der Waals surface area contributed by atoms with Crippen molar-refractivity contribution in [1.82, 2.24) is 0 Å². The number of hydrogen-bond acceptors (Lipinski definition) is 1. The van der Waals surface area contributed by atoms with Crippen molar-refractivity contribution in [3.05, 3.63) is 0 Å². The summed E-state index contributed by atoms with van der Waals surface area (Å²) in [5, 5.41) is 11.4. The van der Waals surface area contributed by atoms with E-state index in [0.29, 0.717) is 0 Å². The number of rotatable bonds is 10. The van der Waals surface area contributed by atoms with Crippen molar-refractivity contribution in [3.8, 4) is 0 Å². The second-order valence-electron chi connectivity index (χ2n) is 6.92. The molecular formula is C18H38NO+. The molecule has 0 amide bonds. The molecule has 0 atom stereocenters. The van der Waals surface area contributed by atoms with Crippen LogP contribution in [0.5, 0.6) is 0 Å². The lowest BCUT2D eigenvalue weighted by Gasteiger charge is -2.52. The Balaban J connectivity index is 2.90. The third-order valence-corrected chi connectivity index (χ3v) is 5.36. The van der Waals surface area contributed by atoms with E-state index in [1.807, 2.05) is 0 Å². The molecule has 0 saturated heterocycles. The minimum atomic E-state index is -0.419. The Hall–Kier alpha value is -0.0800. The molecule has 20 heavy (non-hydrogen) atoms. The van der Waals surface area contributed by atoms with Gasteiger partial charge in [-0.05, 0) is 32.1 Å². The largest absolute Gasteiger partial charge is 0.342 e. The Morgan fingerprint density at radius 2 is 1.15 bits per heavy atom. The monoisotopic (exact) mass is 284 g/mol. The van der Waals surface area contributed by atoms with Crippen LogP contribution in [0.15, 0.2) is 0 Å². The summed E-state index contributed by atoms with van der Waals surface area (Å²) in [5.41, 5.74) is -0.419. The topological polar surface area (TPSA) is 20.2 Å². The summed E-state index contributed by atoms with van der Waals surface area (Å²) in [7, 11) is 0. The minimum Gasteiger partial charge on any atom is -0.342 e. The predicted octanol–water partition coefficient (Wildman–Crippen LogP) is 4.86. The maximum atomic E-state index is 11.4. The van der Waals surface area contributed by atoms with E-state index in [9.17, 15) is 5.11 Å². The van der Waals surface area contributed by atoms with Gasteiger partial charge in [-0.15, -0.1) is 0 Å². The molecule has 1 N–H and O–H groups in total. The number of quaternary nitrogens is 1. The van der Waals surface area contributed by atoms with Crippen LogP contribution in [-0.2, 0) is 0 Å². The maximum absolute atomic E-state index is 11.4. The fourth-order valence-electron chi connectivity index (χ4n) is 3.93. The molecule has 0 unspecified atom stereocenters. The van der Waals surface area contributed by atoms with E-state index in [1.165, 1.54) is 77.4 Å². The molecule has 1 fully saturated rings. The molecule has 1 rings (SSSR count). The summed E-state index contributed by atoms with van der Waals surface area (Å²) in [4.78, 5) is 0. The molecule has 0 bridgehead atoms. The van der Waals surface area contributed by atoms with Crippen molar-refractivity contribution in [2.75, 3.05) is 19.6 Å². The van der Waals surface area contributed by atoms with Crippen LogP contribution in [0.4, 0.5) is 0 Å². The molecule has 0 aromatic carbocycles. The van der Waals surface area contributed by atoms with Gasteiger partial charge in [0, 0.05) is 12.8 Å². The highest BCUT2D eigenvalue weighted by molar-refractivity contribution is 4.75.